The summed E-state index contributed by atoms with van der Waals surface area (Å²) >= 11 is 31.0. The fraction of sp³-hybridized carbons (Fsp3) is 0.143. The SMILES string of the molecule is O=C(Nc1c[nH]c(=O)[nH]c1=O)c1cc(NC(=O)C2C(c3cc(Cl)cc(Cl)c3)C2(Cl)Cl)ccc1Cl. The van der Waals surface area contributed by atoms with Crippen molar-refractivity contribution < 1.29 is 9.59 Å². The van der Waals surface area contributed by atoms with E-state index in [2.05, 4.69) is 15.6 Å². The van der Waals surface area contributed by atoms with Gasteiger partial charge in [0.05, 0.1) is 16.5 Å². The number of aromatic nitrogens is 2. The first-order chi connectivity index (χ1) is 16.0. The fourth-order valence-corrected chi connectivity index (χ4v) is 5.09. The number of hydrogen-bond acceptors (Lipinski definition) is 4. The van der Waals surface area contributed by atoms with E-state index in [0.29, 0.717) is 15.6 Å². The second-order valence-electron chi connectivity index (χ2n) is 7.46. The van der Waals surface area contributed by atoms with E-state index in [-0.39, 0.29) is 22.0 Å². The average molecular weight is 563 g/mol. The van der Waals surface area contributed by atoms with Gasteiger partial charge in [0.25, 0.3) is 11.5 Å². The number of alkyl halides is 2. The standard InChI is InChI=1S/C21H13Cl5N4O4/c22-9-3-8(4-10(23)5-9)15-16(21(15,25)26)19(33)28-11-1-2-13(24)12(6-11)17(31)29-14-7-27-20(34)30-18(14)32/h1-7,15-16H,(H,28,33)(H,29,31)(H2,27,30,32,34). The van der Waals surface area contributed by atoms with Gasteiger partial charge >= 0.3 is 5.69 Å². The van der Waals surface area contributed by atoms with E-state index in [4.69, 9.17) is 58.0 Å². The Balaban J connectivity index is 1.53. The molecule has 1 aliphatic rings. The van der Waals surface area contributed by atoms with Crippen LogP contribution in [0, 0.1) is 5.92 Å². The Kier molecular flexibility index (Phi) is 6.72. The van der Waals surface area contributed by atoms with Gasteiger partial charge in [-0.2, -0.15) is 0 Å². The fourth-order valence-electron chi connectivity index (χ4n) is 3.51. The van der Waals surface area contributed by atoms with Crippen LogP contribution >= 0.6 is 58.0 Å². The summed E-state index contributed by atoms with van der Waals surface area (Å²) in [7, 11) is 0. The summed E-state index contributed by atoms with van der Waals surface area (Å²) in [6.07, 6.45) is 1.05. The van der Waals surface area contributed by atoms with Crippen molar-refractivity contribution in [3.63, 3.8) is 0 Å². The number of H-pyrrole nitrogens is 2. The molecule has 1 aromatic heterocycles. The maximum Gasteiger partial charge on any atom is 0.325 e. The van der Waals surface area contributed by atoms with Crippen LogP contribution in [0.25, 0.3) is 0 Å². The van der Waals surface area contributed by atoms with Crippen molar-refractivity contribution in [3.8, 4) is 0 Å². The molecule has 3 aromatic rings. The number of halogens is 5. The molecule has 4 N–H and O–H groups in total. The molecule has 1 saturated carbocycles. The molecule has 0 aliphatic heterocycles. The Labute approximate surface area is 216 Å². The van der Waals surface area contributed by atoms with Gasteiger partial charge in [-0.1, -0.05) is 34.8 Å². The number of carbonyl (C=O) groups excluding carboxylic acids is 2. The molecule has 1 heterocycles. The van der Waals surface area contributed by atoms with Crippen LogP contribution in [0.1, 0.15) is 21.8 Å². The smallest absolute Gasteiger partial charge is 0.325 e. The normalized spacial score (nSPS) is 18.3. The number of benzene rings is 2. The molecule has 2 aromatic carbocycles. The van der Waals surface area contributed by atoms with Gasteiger partial charge in [-0.25, -0.2) is 4.79 Å². The van der Waals surface area contributed by atoms with Crippen LogP contribution in [0.2, 0.25) is 15.1 Å². The van der Waals surface area contributed by atoms with Gasteiger partial charge in [0.15, 0.2) is 0 Å². The van der Waals surface area contributed by atoms with Gasteiger partial charge in [-0.3, -0.25) is 19.4 Å². The molecule has 2 unspecified atom stereocenters. The maximum absolute atomic E-state index is 12.9. The molecule has 1 fully saturated rings. The highest BCUT2D eigenvalue weighted by atomic mass is 35.5. The molecule has 0 bridgehead atoms. The van der Waals surface area contributed by atoms with Crippen LogP contribution in [0.4, 0.5) is 11.4 Å². The number of anilines is 2. The zero-order valence-electron chi connectivity index (χ0n) is 16.7. The van der Waals surface area contributed by atoms with Gasteiger partial charge in [0.2, 0.25) is 5.91 Å². The van der Waals surface area contributed by atoms with Crippen molar-refractivity contribution in [2.45, 2.75) is 10.3 Å². The van der Waals surface area contributed by atoms with Gasteiger partial charge in [0, 0.05) is 27.8 Å². The van der Waals surface area contributed by atoms with Crippen molar-refractivity contribution >= 4 is 81.2 Å². The van der Waals surface area contributed by atoms with E-state index < -0.39 is 39.2 Å². The highest BCUT2D eigenvalue weighted by Gasteiger charge is 2.67. The Bertz CT molecular complexity index is 1410. The molecular weight excluding hydrogens is 550 g/mol. The number of amides is 2. The summed E-state index contributed by atoms with van der Waals surface area (Å²) in [5, 5.41) is 5.84. The zero-order valence-corrected chi connectivity index (χ0v) is 20.5. The Morgan fingerprint density at radius 1 is 0.941 bits per heavy atom. The molecule has 2 amide bonds. The van der Waals surface area contributed by atoms with Crippen LogP contribution in [0.3, 0.4) is 0 Å². The Hall–Kier alpha value is -2.49. The predicted molar refractivity (Wildman–Crippen MR) is 133 cm³/mol. The third-order valence-electron chi connectivity index (χ3n) is 5.13. The van der Waals surface area contributed by atoms with Gasteiger partial charge in [0.1, 0.15) is 10.0 Å². The van der Waals surface area contributed by atoms with E-state index in [1.54, 1.807) is 18.2 Å². The molecule has 0 saturated heterocycles. The number of carbonyl (C=O) groups is 2. The Morgan fingerprint density at radius 3 is 2.26 bits per heavy atom. The van der Waals surface area contributed by atoms with Crippen LogP contribution in [0.5, 0.6) is 0 Å². The van der Waals surface area contributed by atoms with Crippen LogP contribution in [-0.4, -0.2) is 26.1 Å². The summed E-state index contributed by atoms with van der Waals surface area (Å²) in [6.45, 7) is 0. The number of rotatable bonds is 5. The molecule has 13 heteroatoms. The molecule has 8 nitrogen and oxygen atoms in total. The van der Waals surface area contributed by atoms with Crippen molar-refractivity contribution in [1.29, 1.82) is 0 Å². The number of aromatic amines is 2. The van der Waals surface area contributed by atoms with E-state index in [0.717, 1.165) is 6.20 Å². The van der Waals surface area contributed by atoms with E-state index >= 15 is 0 Å². The summed E-state index contributed by atoms with van der Waals surface area (Å²) in [4.78, 5) is 52.7. The van der Waals surface area contributed by atoms with Gasteiger partial charge < -0.3 is 15.6 Å². The summed E-state index contributed by atoms with van der Waals surface area (Å²) in [5.41, 5.74) is -0.871. The van der Waals surface area contributed by atoms with E-state index in [9.17, 15) is 19.2 Å². The zero-order chi connectivity index (χ0) is 24.8. The van der Waals surface area contributed by atoms with Crippen LogP contribution in [0.15, 0.2) is 52.2 Å². The van der Waals surface area contributed by atoms with Crippen molar-refractivity contribution in [3.05, 3.63) is 89.6 Å². The highest BCUT2D eigenvalue weighted by Crippen LogP contribution is 2.65. The number of hydrogen-bond donors (Lipinski definition) is 4. The minimum atomic E-state index is -1.38. The van der Waals surface area contributed by atoms with E-state index in [1.807, 2.05) is 4.98 Å². The third-order valence-corrected chi connectivity index (χ3v) is 6.83. The third kappa shape index (κ3) is 4.96. The first kappa shape index (κ1) is 24.6. The predicted octanol–water partition coefficient (Wildman–Crippen LogP) is 4.80. The second-order valence-corrected chi connectivity index (χ2v) is 10.2. The lowest BCUT2D eigenvalue weighted by Gasteiger charge is -2.10. The van der Waals surface area contributed by atoms with Crippen molar-refractivity contribution in [1.82, 2.24) is 9.97 Å². The Morgan fingerprint density at radius 2 is 1.62 bits per heavy atom. The first-order valence-electron chi connectivity index (χ1n) is 9.55. The van der Waals surface area contributed by atoms with Gasteiger partial charge in [-0.15, -0.1) is 23.2 Å². The molecule has 4 rings (SSSR count). The number of nitrogens with one attached hydrogen (secondary N) is 4. The lowest BCUT2D eigenvalue weighted by Crippen LogP contribution is -2.26. The summed E-state index contributed by atoms with van der Waals surface area (Å²) in [5.74, 6) is -2.58. The molecule has 1 aliphatic carbocycles. The summed E-state index contributed by atoms with van der Waals surface area (Å²) in [6, 6.07) is 9.03. The molecule has 0 radical (unpaired) electrons. The highest BCUT2D eigenvalue weighted by molar-refractivity contribution is 6.53. The largest absolute Gasteiger partial charge is 0.326 e. The van der Waals surface area contributed by atoms with Gasteiger partial charge in [-0.05, 0) is 42.0 Å². The van der Waals surface area contributed by atoms with Crippen LogP contribution in [-0.2, 0) is 4.79 Å². The molecule has 0 spiro atoms. The molecular formula is C21H13Cl5N4O4. The lowest BCUT2D eigenvalue weighted by molar-refractivity contribution is -0.117. The van der Waals surface area contributed by atoms with Crippen molar-refractivity contribution in [2.75, 3.05) is 10.6 Å². The second kappa shape index (κ2) is 9.28. The molecule has 34 heavy (non-hydrogen) atoms. The average Bonchev–Trinajstić information content (AvgIpc) is 3.33. The van der Waals surface area contributed by atoms with E-state index in [1.165, 1.54) is 18.2 Å². The maximum atomic E-state index is 12.9. The van der Waals surface area contributed by atoms with Crippen LogP contribution < -0.4 is 21.9 Å². The van der Waals surface area contributed by atoms with Crippen molar-refractivity contribution in [2.24, 2.45) is 5.92 Å². The quantitative estimate of drug-likeness (QED) is 0.334. The topological polar surface area (TPSA) is 124 Å². The first-order valence-corrected chi connectivity index (χ1v) is 11.4. The monoisotopic (exact) mass is 560 g/mol. The molecule has 2 atom stereocenters. The minimum absolute atomic E-state index is 0.0259. The summed E-state index contributed by atoms with van der Waals surface area (Å²) < 4.78 is -1.38. The minimum Gasteiger partial charge on any atom is -0.326 e. The lowest BCUT2D eigenvalue weighted by atomic mass is 10.1. The molecule has 176 valence electrons.